The van der Waals surface area contributed by atoms with Gasteiger partial charge in [0.2, 0.25) is 10.0 Å². The Balaban J connectivity index is 2.43. The summed E-state index contributed by atoms with van der Waals surface area (Å²) in [4.78, 5) is 0. The number of ether oxygens (including phenoxy) is 2. The van der Waals surface area contributed by atoms with Crippen LogP contribution in [0.5, 0.6) is 0 Å². The van der Waals surface area contributed by atoms with Crippen LogP contribution in [0.1, 0.15) is 13.8 Å². The van der Waals surface area contributed by atoms with E-state index in [1.165, 1.54) is 0 Å². The third-order valence-electron chi connectivity index (χ3n) is 1.74. The Labute approximate surface area is 78.3 Å². The lowest BCUT2D eigenvalue weighted by Crippen LogP contribution is -2.45. The van der Waals surface area contributed by atoms with Crippen LogP contribution in [0, 0.1) is 0 Å². The zero-order valence-electron chi connectivity index (χ0n) is 7.82. The normalized spacial score (nSPS) is 28.7. The van der Waals surface area contributed by atoms with Crippen LogP contribution in [-0.2, 0) is 19.5 Å². The zero-order valence-corrected chi connectivity index (χ0v) is 8.63. The maximum atomic E-state index is 10.7. The fourth-order valence-electron chi connectivity index (χ4n) is 1.08. The molecule has 0 aromatic carbocycles. The Morgan fingerprint density at radius 3 is 2.54 bits per heavy atom. The Hall–Kier alpha value is -0.170. The molecule has 0 aliphatic carbocycles. The van der Waals surface area contributed by atoms with Gasteiger partial charge in [0.1, 0.15) is 0 Å². The van der Waals surface area contributed by atoms with Gasteiger partial charge >= 0.3 is 0 Å². The highest BCUT2D eigenvalue weighted by Gasteiger charge is 2.30. The van der Waals surface area contributed by atoms with Gasteiger partial charge in [-0.25, -0.2) is 13.6 Å². The van der Waals surface area contributed by atoms with Gasteiger partial charge in [0.05, 0.1) is 30.7 Å². The molecule has 6 heteroatoms. The molecule has 2 N–H and O–H groups in total. The van der Waals surface area contributed by atoms with Crippen LogP contribution in [0.2, 0.25) is 0 Å². The second-order valence-electron chi connectivity index (χ2n) is 3.83. The van der Waals surface area contributed by atoms with Gasteiger partial charge in [-0.2, -0.15) is 0 Å². The van der Waals surface area contributed by atoms with Crippen molar-refractivity contribution in [2.24, 2.45) is 5.14 Å². The minimum absolute atomic E-state index is 0.178. The first-order valence-corrected chi connectivity index (χ1v) is 5.76. The molecular formula is C7H15NO4S. The van der Waals surface area contributed by atoms with Crippen LogP contribution in [0.15, 0.2) is 0 Å². The van der Waals surface area contributed by atoms with Gasteiger partial charge in [-0.1, -0.05) is 0 Å². The summed E-state index contributed by atoms with van der Waals surface area (Å²) >= 11 is 0. The Morgan fingerprint density at radius 2 is 2.15 bits per heavy atom. The molecule has 5 nitrogen and oxygen atoms in total. The molecule has 1 unspecified atom stereocenters. The van der Waals surface area contributed by atoms with E-state index >= 15 is 0 Å². The summed E-state index contributed by atoms with van der Waals surface area (Å²) < 4.78 is 32.1. The van der Waals surface area contributed by atoms with E-state index in [-0.39, 0.29) is 18.0 Å². The molecule has 0 spiro atoms. The average Bonchev–Trinajstić information content (AvgIpc) is 1.91. The molecule has 1 rings (SSSR count). The molecule has 1 atom stereocenters. The highest BCUT2D eigenvalue weighted by atomic mass is 32.2. The first-order valence-electron chi connectivity index (χ1n) is 4.04. The molecule has 1 heterocycles. The molecule has 0 amide bonds. The van der Waals surface area contributed by atoms with E-state index < -0.39 is 16.1 Å². The first kappa shape index (κ1) is 10.9. The summed E-state index contributed by atoms with van der Waals surface area (Å²) in [7, 11) is -3.47. The summed E-state index contributed by atoms with van der Waals surface area (Å²) in [6, 6.07) is 0. The third-order valence-corrected chi connectivity index (χ3v) is 2.58. The summed E-state index contributed by atoms with van der Waals surface area (Å²) in [5.74, 6) is -0.178. The van der Waals surface area contributed by atoms with E-state index in [1.54, 1.807) is 0 Å². The molecule has 0 aromatic rings. The molecule has 13 heavy (non-hydrogen) atoms. The number of primary sulfonamides is 1. The van der Waals surface area contributed by atoms with Crippen LogP contribution in [0.25, 0.3) is 0 Å². The van der Waals surface area contributed by atoms with Crippen molar-refractivity contribution in [3.05, 3.63) is 0 Å². The van der Waals surface area contributed by atoms with Gasteiger partial charge < -0.3 is 9.47 Å². The Morgan fingerprint density at radius 1 is 1.54 bits per heavy atom. The predicted octanol–water partition coefficient (Wildman–Crippen LogP) is -0.531. The molecule has 1 fully saturated rings. The van der Waals surface area contributed by atoms with Gasteiger partial charge in [0.15, 0.2) is 0 Å². The molecule has 1 aliphatic heterocycles. The maximum Gasteiger partial charge on any atom is 0.211 e. The van der Waals surface area contributed by atoms with Gasteiger partial charge in [0.25, 0.3) is 0 Å². The number of rotatable bonds is 2. The lowest BCUT2D eigenvalue weighted by molar-refractivity contribution is -0.167. The standard InChI is InChI=1S/C7H15NO4S/c1-7(2)5-11-6(3-12-7)4-13(8,9)10/h6H,3-5H2,1-2H3,(H2,8,9,10). The summed E-state index contributed by atoms with van der Waals surface area (Å²) in [6.07, 6.45) is -0.428. The van der Waals surface area contributed by atoms with Crippen molar-refractivity contribution in [1.29, 1.82) is 0 Å². The van der Waals surface area contributed by atoms with Crippen molar-refractivity contribution in [2.45, 2.75) is 25.6 Å². The van der Waals surface area contributed by atoms with Crippen molar-refractivity contribution in [1.82, 2.24) is 0 Å². The van der Waals surface area contributed by atoms with Crippen molar-refractivity contribution in [2.75, 3.05) is 19.0 Å². The van der Waals surface area contributed by atoms with E-state index in [2.05, 4.69) is 0 Å². The van der Waals surface area contributed by atoms with Gasteiger partial charge in [0, 0.05) is 0 Å². The maximum absolute atomic E-state index is 10.7. The molecule has 0 radical (unpaired) electrons. The largest absolute Gasteiger partial charge is 0.372 e. The Bertz CT molecular complexity index is 262. The van der Waals surface area contributed by atoms with Crippen molar-refractivity contribution in [3.8, 4) is 0 Å². The first-order chi connectivity index (χ1) is 5.79. The number of hydrogen-bond acceptors (Lipinski definition) is 4. The summed E-state index contributed by atoms with van der Waals surface area (Å²) in [5, 5.41) is 4.87. The van der Waals surface area contributed by atoms with E-state index in [9.17, 15) is 8.42 Å². The second kappa shape index (κ2) is 3.53. The van der Waals surface area contributed by atoms with E-state index in [4.69, 9.17) is 14.6 Å². The summed E-state index contributed by atoms with van der Waals surface area (Å²) in [5.41, 5.74) is -0.325. The summed E-state index contributed by atoms with van der Waals surface area (Å²) in [6.45, 7) is 4.46. The van der Waals surface area contributed by atoms with Gasteiger partial charge in [-0.05, 0) is 13.8 Å². The number of hydrogen-bond donors (Lipinski definition) is 1. The molecular weight excluding hydrogens is 194 g/mol. The minimum Gasteiger partial charge on any atom is -0.372 e. The van der Waals surface area contributed by atoms with E-state index in [0.29, 0.717) is 6.61 Å². The highest BCUT2D eigenvalue weighted by Crippen LogP contribution is 2.17. The quantitative estimate of drug-likeness (QED) is 0.663. The fraction of sp³-hybridized carbons (Fsp3) is 1.00. The SMILES string of the molecule is CC1(C)COC(CS(N)(=O)=O)CO1. The minimum atomic E-state index is -3.47. The predicted molar refractivity (Wildman–Crippen MR) is 47.7 cm³/mol. The molecule has 0 bridgehead atoms. The molecule has 0 saturated carbocycles. The van der Waals surface area contributed by atoms with E-state index in [1.807, 2.05) is 13.8 Å². The van der Waals surface area contributed by atoms with Crippen LogP contribution in [0.3, 0.4) is 0 Å². The average molecular weight is 209 g/mol. The second-order valence-corrected chi connectivity index (χ2v) is 5.49. The van der Waals surface area contributed by atoms with E-state index in [0.717, 1.165) is 0 Å². The lowest BCUT2D eigenvalue weighted by atomic mass is 10.1. The number of nitrogens with two attached hydrogens (primary N) is 1. The Kier molecular flexibility index (Phi) is 2.96. The van der Waals surface area contributed by atoms with Crippen LogP contribution in [0.4, 0.5) is 0 Å². The molecule has 78 valence electrons. The molecule has 1 saturated heterocycles. The molecule has 0 aromatic heterocycles. The fourth-order valence-corrected chi connectivity index (χ4v) is 1.79. The van der Waals surface area contributed by atoms with Gasteiger partial charge in [-0.3, -0.25) is 0 Å². The van der Waals surface area contributed by atoms with Crippen LogP contribution >= 0.6 is 0 Å². The zero-order chi connectivity index (χ0) is 10.1. The van der Waals surface area contributed by atoms with Crippen molar-refractivity contribution < 1.29 is 17.9 Å². The highest BCUT2D eigenvalue weighted by molar-refractivity contribution is 7.89. The topological polar surface area (TPSA) is 78.6 Å². The van der Waals surface area contributed by atoms with Crippen LogP contribution < -0.4 is 5.14 Å². The number of sulfonamides is 1. The van der Waals surface area contributed by atoms with Crippen LogP contribution in [-0.4, -0.2) is 39.1 Å². The lowest BCUT2D eigenvalue weighted by Gasteiger charge is -2.34. The third kappa shape index (κ3) is 4.04. The monoisotopic (exact) mass is 209 g/mol. The molecule has 1 aliphatic rings. The van der Waals surface area contributed by atoms with Crippen molar-refractivity contribution >= 4 is 10.0 Å². The smallest absolute Gasteiger partial charge is 0.211 e. The van der Waals surface area contributed by atoms with Gasteiger partial charge in [-0.15, -0.1) is 0 Å². The van der Waals surface area contributed by atoms with Crippen molar-refractivity contribution in [3.63, 3.8) is 0 Å².